The van der Waals surface area contributed by atoms with E-state index in [9.17, 15) is 40.9 Å². The molecule has 0 unspecified atom stereocenters. The number of unbranched alkanes of at least 4 members (excludes halogenated alkanes) is 20. The lowest BCUT2D eigenvalue weighted by Gasteiger charge is -2.32. The van der Waals surface area contributed by atoms with Gasteiger partial charge in [0.25, 0.3) is 0 Å². The molecule has 8 N–H and O–H groups in total. The summed E-state index contributed by atoms with van der Waals surface area (Å²) in [4.78, 5) is 19.6. The maximum Gasteiger partial charge on any atom is 0.131 e. The number of benzene rings is 4. The van der Waals surface area contributed by atoms with E-state index in [1.165, 1.54) is 25.7 Å². The molecule has 0 aliphatic heterocycles. The van der Waals surface area contributed by atoms with Crippen molar-refractivity contribution in [3.8, 4) is 46.0 Å². The van der Waals surface area contributed by atoms with Gasteiger partial charge in [0.2, 0.25) is 0 Å². The van der Waals surface area contributed by atoms with Crippen LogP contribution in [-0.2, 0) is 0 Å². The third-order valence-corrected chi connectivity index (χ3v) is 18.7. The molecule has 0 spiro atoms. The van der Waals surface area contributed by atoms with E-state index in [0.29, 0.717) is 96.4 Å². The van der Waals surface area contributed by atoms with E-state index in [0.717, 1.165) is 128 Å². The van der Waals surface area contributed by atoms with E-state index >= 15 is 0 Å². The quantitative estimate of drug-likeness (QED) is 0.0158. The molecule has 0 saturated carbocycles. The summed E-state index contributed by atoms with van der Waals surface area (Å²) in [6.45, 7) is 27.4. The van der Waals surface area contributed by atoms with Gasteiger partial charge in [0.05, 0.1) is 22.3 Å². The Morgan fingerprint density at radius 2 is 0.413 bits per heavy atom. The van der Waals surface area contributed by atoms with Gasteiger partial charge in [-0.2, -0.15) is 0 Å². The minimum absolute atomic E-state index is 0.0202. The summed E-state index contributed by atoms with van der Waals surface area (Å²) in [6.07, 6.45) is 33.5. The Bertz CT molecular complexity index is 2480. The van der Waals surface area contributed by atoms with Crippen LogP contribution in [0.15, 0.2) is 44.2 Å². The molecule has 512 valence electrons. The number of aromatic hydroxyl groups is 8. The van der Waals surface area contributed by atoms with Crippen molar-refractivity contribution in [3.05, 3.63) is 91.0 Å². The van der Waals surface area contributed by atoms with Crippen LogP contribution < -0.4 is 0 Å². The van der Waals surface area contributed by atoms with Crippen molar-refractivity contribution in [2.45, 2.75) is 287 Å². The Hall–Kier alpha value is -6.04. The third kappa shape index (κ3) is 22.0. The maximum atomic E-state index is 13.1. The topological polar surface area (TPSA) is 211 Å². The monoisotopic (exact) mass is 1270 g/mol. The zero-order chi connectivity index (χ0) is 67.3. The van der Waals surface area contributed by atoms with Gasteiger partial charge in [-0.3, -0.25) is 20.0 Å². The molecule has 1 aliphatic carbocycles. The summed E-state index contributed by atoms with van der Waals surface area (Å²) in [5, 5.41) is 105. The number of hydrogen-bond acceptors (Lipinski definition) is 12. The Labute approximate surface area is 556 Å². The van der Waals surface area contributed by atoms with Crippen LogP contribution in [0.5, 0.6) is 46.0 Å². The zero-order valence-corrected chi connectivity index (χ0v) is 59.2. The Kier molecular flexibility index (Phi) is 33.6. The van der Waals surface area contributed by atoms with Crippen LogP contribution in [0.4, 0.5) is 0 Å². The average Bonchev–Trinajstić information content (AvgIpc) is 0.753. The number of rotatable bonds is 40. The number of nitrogens with zero attached hydrogens (tertiary/aromatic N) is 4. The molecular formula is C80H124N4O8. The van der Waals surface area contributed by atoms with Gasteiger partial charge in [-0.15, -0.1) is 0 Å². The Morgan fingerprint density at radius 1 is 0.261 bits per heavy atom. The molecule has 1 aliphatic rings. The minimum atomic E-state index is -0.768. The smallest absolute Gasteiger partial charge is 0.131 e. The largest absolute Gasteiger partial charge is 0.507 e. The lowest BCUT2D eigenvalue weighted by atomic mass is 9.73. The highest BCUT2D eigenvalue weighted by atomic mass is 16.3. The summed E-state index contributed by atoms with van der Waals surface area (Å²) in [6, 6.07) is 7.36. The van der Waals surface area contributed by atoms with Gasteiger partial charge in [0, 0.05) is 119 Å². The molecule has 0 amide bonds. The second-order valence-electron chi connectivity index (χ2n) is 28.6. The second-order valence-corrected chi connectivity index (χ2v) is 28.6. The predicted molar refractivity (Wildman–Crippen MR) is 388 cm³/mol. The first-order valence-corrected chi connectivity index (χ1v) is 36.6. The number of phenolic OH excluding ortho intramolecular Hbond substituents is 8. The van der Waals surface area contributed by atoms with Crippen molar-refractivity contribution in [1.29, 1.82) is 0 Å². The van der Waals surface area contributed by atoms with Crippen LogP contribution in [0.3, 0.4) is 0 Å². The minimum Gasteiger partial charge on any atom is -0.507 e. The Morgan fingerprint density at radius 3 is 0.565 bits per heavy atom. The van der Waals surface area contributed by atoms with Gasteiger partial charge in [-0.25, -0.2) is 0 Å². The molecular weight excluding hydrogens is 1140 g/mol. The van der Waals surface area contributed by atoms with E-state index in [1.54, 1.807) is 24.9 Å². The fourth-order valence-corrected chi connectivity index (χ4v) is 13.7. The molecule has 0 radical (unpaired) electrons. The van der Waals surface area contributed by atoms with Crippen LogP contribution in [0.1, 0.15) is 353 Å². The molecule has 12 heteroatoms. The molecule has 0 heterocycles. The first-order valence-electron chi connectivity index (χ1n) is 36.6. The summed E-state index contributed by atoms with van der Waals surface area (Å²) < 4.78 is 0. The maximum absolute atomic E-state index is 13.1. The predicted octanol–water partition coefficient (Wildman–Crippen LogP) is 21.5. The molecule has 5 rings (SSSR count). The van der Waals surface area contributed by atoms with E-state index in [1.807, 2.05) is 24.3 Å². The molecule has 0 fully saturated rings. The van der Waals surface area contributed by atoms with Crippen molar-refractivity contribution in [2.24, 2.45) is 43.6 Å². The van der Waals surface area contributed by atoms with Crippen LogP contribution in [0.25, 0.3) is 0 Å². The molecule has 4 aromatic carbocycles. The van der Waals surface area contributed by atoms with Gasteiger partial charge in [-0.1, -0.05) is 212 Å². The van der Waals surface area contributed by atoms with E-state index < -0.39 is 23.7 Å². The number of hydrogen-bond donors (Lipinski definition) is 8. The molecule has 0 saturated heterocycles. The highest BCUT2D eigenvalue weighted by Gasteiger charge is 2.38. The van der Waals surface area contributed by atoms with Crippen LogP contribution in [-0.4, -0.2) is 91.9 Å². The number of phenols is 8. The summed E-state index contributed by atoms with van der Waals surface area (Å²) in [5.74, 6) is -4.71. The van der Waals surface area contributed by atoms with Crippen molar-refractivity contribution in [3.63, 3.8) is 0 Å². The molecule has 4 aromatic rings. The first kappa shape index (κ1) is 76.7. The Balaban J connectivity index is 2.06. The molecule has 0 aromatic heterocycles. The van der Waals surface area contributed by atoms with Gasteiger partial charge >= 0.3 is 0 Å². The van der Waals surface area contributed by atoms with Crippen LogP contribution in [0.2, 0.25) is 0 Å². The van der Waals surface area contributed by atoms with Crippen molar-refractivity contribution in [1.82, 2.24) is 0 Å². The number of fused-ring (bicyclic) bond motifs is 8. The van der Waals surface area contributed by atoms with Crippen LogP contribution in [0, 0.1) is 23.7 Å². The first-order chi connectivity index (χ1) is 44.2. The van der Waals surface area contributed by atoms with Crippen molar-refractivity contribution in [2.75, 3.05) is 26.2 Å². The standard InChI is InChI=1S/C80H124N4O8/c1-13-17-21-25-29-33-37-81-49-69-73(85)61-45-62(74(69)86)58(42-54(7)8)64-47-66(78(90)71(76(64)88)51-83-39-35-31-27-23-19-15-3)60(44-56(11)12)68-48-67(79(91)72(80(68)92)52-84-40-36-32-28-24-20-16-4)59(43-55(9)10)65-46-63(57(61)41-53(5)6)75(87)70(77(65)89)50-82-38-34-30-26-22-18-14-2/h45-60,85-92H,13-44H2,1-12H3. The highest BCUT2D eigenvalue weighted by Crippen LogP contribution is 2.56. The summed E-state index contributed by atoms with van der Waals surface area (Å²) in [5.41, 5.74) is 3.87. The van der Waals surface area contributed by atoms with E-state index in [2.05, 4.69) is 83.1 Å². The summed E-state index contributed by atoms with van der Waals surface area (Å²) in [7, 11) is 0. The zero-order valence-electron chi connectivity index (χ0n) is 59.2. The fourth-order valence-electron chi connectivity index (χ4n) is 13.7. The van der Waals surface area contributed by atoms with Gasteiger partial charge in [0.15, 0.2) is 0 Å². The summed E-state index contributed by atoms with van der Waals surface area (Å²) >= 11 is 0. The molecule has 92 heavy (non-hydrogen) atoms. The highest BCUT2D eigenvalue weighted by molar-refractivity contribution is 5.93. The van der Waals surface area contributed by atoms with Crippen molar-refractivity contribution < 1.29 is 40.9 Å². The third-order valence-electron chi connectivity index (χ3n) is 18.7. The number of aliphatic imine (C=N–C) groups is 4. The fraction of sp³-hybridized carbons (Fsp3) is 0.650. The molecule has 0 atom stereocenters. The normalized spacial score (nSPS) is 16.3. The van der Waals surface area contributed by atoms with Gasteiger partial charge in [0.1, 0.15) is 46.0 Å². The van der Waals surface area contributed by atoms with E-state index in [-0.39, 0.29) is 91.9 Å². The van der Waals surface area contributed by atoms with Gasteiger partial charge < -0.3 is 40.9 Å². The SMILES string of the molecule is CCCCCCCCN=Cc1c(O)c2cc(c1O)C(CC(C)C)c1cc(c(O)c(C=NCCCCCCCC)c1O)C(CC(C)C)c1cc(c(O)c(C=NCCCCCCCC)c1O)C(CC(C)C)c1cc(c(O)c(C=NCCCCCCCC)c1O)C2CC(C)C. The van der Waals surface area contributed by atoms with E-state index in [4.69, 9.17) is 20.0 Å². The van der Waals surface area contributed by atoms with Crippen molar-refractivity contribution >= 4 is 24.9 Å². The lowest BCUT2D eigenvalue weighted by Crippen LogP contribution is -2.16. The van der Waals surface area contributed by atoms with Gasteiger partial charge in [-0.05, 0) is 99.3 Å². The lowest BCUT2D eigenvalue weighted by molar-refractivity contribution is 0.410. The second kappa shape index (κ2) is 40.3. The molecule has 8 bridgehead atoms. The van der Waals surface area contributed by atoms with Crippen LogP contribution >= 0.6 is 0 Å². The average molecular weight is 1270 g/mol. The molecule has 12 nitrogen and oxygen atoms in total.